The van der Waals surface area contributed by atoms with Gasteiger partial charge in [0, 0.05) is 4.47 Å². The lowest BCUT2D eigenvalue weighted by molar-refractivity contribution is 0.245. The highest BCUT2D eigenvalue weighted by Crippen LogP contribution is 2.37. The average molecular weight is 397 g/mol. The predicted octanol–water partition coefficient (Wildman–Crippen LogP) is 5.07. The summed E-state index contributed by atoms with van der Waals surface area (Å²) in [6.45, 7) is 0. The minimum absolute atomic E-state index is 0.207. The van der Waals surface area contributed by atoms with Gasteiger partial charge in [0.05, 0.1) is 8.95 Å². The normalized spacial score (nSPS) is 19.5. The largest absolute Gasteiger partial charge is 0.484 e. The Morgan fingerprint density at radius 2 is 1.80 bits per heavy atom. The molecule has 0 heterocycles. The van der Waals surface area contributed by atoms with Crippen LogP contribution >= 0.6 is 47.8 Å². The molecule has 15 heavy (non-hydrogen) atoms. The third kappa shape index (κ3) is 2.86. The Balaban J connectivity index is 2.23. The molecule has 0 radical (unpaired) electrons. The number of hydrogen-bond donors (Lipinski definition) is 0. The lowest BCUT2D eigenvalue weighted by atomic mass is 10.3. The molecule has 1 aliphatic rings. The second-order valence-corrected chi connectivity index (χ2v) is 5.98. The first-order valence-corrected chi connectivity index (χ1v) is 7.02. The van der Waals surface area contributed by atoms with Crippen molar-refractivity contribution in [2.24, 2.45) is 0 Å². The number of benzene rings is 1. The first-order chi connectivity index (χ1) is 7.16. The average Bonchev–Trinajstić information content (AvgIpc) is 2.63. The molecule has 0 amide bonds. The zero-order valence-corrected chi connectivity index (χ0v) is 12.6. The Labute approximate surface area is 114 Å². The summed E-state index contributed by atoms with van der Waals surface area (Å²) < 4.78 is 8.84. The standard InChI is InChI=1S/C11H9Br3O/c12-7-5-9(13)11(10(14)6-7)15-8-3-1-2-4-8/h1,3,5-6,8H,2,4H2. The van der Waals surface area contributed by atoms with Crippen LogP contribution < -0.4 is 4.74 Å². The molecule has 80 valence electrons. The van der Waals surface area contributed by atoms with Crippen LogP contribution in [-0.4, -0.2) is 6.10 Å². The highest BCUT2D eigenvalue weighted by atomic mass is 79.9. The molecule has 0 fully saturated rings. The van der Waals surface area contributed by atoms with Gasteiger partial charge in [0.25, 0.3) is 0 Å². The summed E-state index contributed by atoms with van der Waals surface area (Å²) in [6.07, 6.45) is 6.65. The Kier molecular flexibility index (Phi) is 3.91. The summed E-state index contributed by atoms with van der Waals surface area (Å²) in [6, 6.07) is 3.97. The van der Waals surface area contributed by atoms with Crippen molar-refractivity contribution < 1.29 is 4.74 Å². The van der Waals surface area contributed by atoms with Gasteiger partial charge < -0.3 is 4.74 Å². The molecule has 1 unspecified atom stereocenters. The topological polar surface area (TPSA) is 9.23 Å². The van der Waals surface area contributed by atoms with Crippen molar-refractivity contribution in [1.82, 2.24) is 0 Å². The van der Waals surface area contributed by atoms with Crippen LogP contribution in [0.3, 0.4) is 0 Å². The zero-order valence-electron chi connectivity index (χ0n) is 7.84. The molecule has 1 aromatic rings. The molecule has 1 aliphatic carbocycles. The maximum Gasteiger partial charge on any atom is 0.148 e. The van der Waals surface area contributed by atoms with E-state index < -0.39 is 0 Å². The molecule has 1 atom stereocenters. The molecule has 0 N–H and O–H groups in total. The van der Waals surface area contributed by atoms with Crippen LogP contribution in [0.15, 0.2) is 37.7 Å². The summed E-state index contributed by atoms with van der Waals surface area (Å²) >= 11 is 10.4. The van der Waals surface area contributed by atoms with Gasteiger partial charge in [-0.25, -0.2) is 0 Å². The van der Waals surface area contributed by atoms with Crippen LogP contribution in [0, 0.1) is 0 Å². The molecule has 1 aromatic carbocycles. The number of halogens is 3. The maximum absolute atomic E-state index is 5.89. The van der Waals surface area contributed by atoms with E-state index in [9.17, 15) is 0 Å². The number of ether oxygens (including phenoxy) is 1. The van der Waals surface area contributed by atoms with E-state index in [-0.39, 0.29) is 6.10 Å². The van der Waals surface area contributed by atoms with Gasteiger partial charge in [0.1, 0.15) is 11.9 Å². The third-order valence-corrected chi connectivity index (χ3v) is 3.84. The van der Waals surface area contributed by atoms with Crippen molar-refractivity contribution in [3.63, 3.8) is 0 Å². The Morgan fingerprint density at radius 1 is 1.13 bits per heavy atom. The first kappa shape index (κ1) is 11.7. The van der Waals surface area contributed by atoms with E-state index in [0.717, 1.165) is 32.0 Å². The van der Waals surface area contributed by atoms with E-state index in [4.69, 9.17) is 4.74 Å². The molecule has 1 nitrogen and oxygen atoms in total. The molecule has 0 saturated carbocycles. The van der Waals surface area contributed by atoms with Crippen molar-refractivity contribution in [2.45, 2.75) is 18.9 Å². The van der Waals surface area contributed by atoms with Crippen LogP contribution in [0.25, 0.3) is 0 Å². The predicted molar refractivity (Wildman–Crippen MR) is 72.3 cm³/mol. The van der Waals surface area contributed by atoms with Crippen LogP contribution in [0.2, 0.25) is 0 Å². The molecule has 0 bridgehead atoms. The maximum atomic E-state index is 5.89. The molecule has 0 aromatic heterocycles. The van der Waals surface area contributed by atoms with Crippen molar-refractivity contribution in [1.29, 1.82) is 0 Å². The van der Waals surface area contributed by atoms with Gasteiger partial charge in [-0.3, -0.25) is 0 Å². The van der Waals surface area contributed by atoms with E-state index in [0.29, 0.717) is 0 Å². The smallest absolute Gasteiger partial charge is 0.148 e. The van der Waals surface area contributed by atoms with E-state index in [1.54, 1.807) is 0 Å². The lowest BCUT2D eigenvalue weighted by Gasteiger charge is -2.15. The van der Waals surface area contributed by atoms with E-state index in [1.165, 1.54) is 0 Å². The Hall–Kier alpha value is 0.200. The minimum Gasteiger partial charge on any atom is -0.484 e. The molecule has 4 heteroatoms. The van der Waals surface area contributed by atoms with Gasteiger partial charge in [-0.2, -0.15) is 0 Å². The Bertz CT molecular complexity index is 378. The third-order valence-electron chi connectivity index (χ3n) is 2.20. The molecule has 0 saturated heterocycles. The van der Waals surface area contributed by atoms with Crippen LogP contribution in [0.4, 0.5) is 0 Å². The highest BCUT2D eigenvalue weighted by Gasteiger charge is 2.15. The van der Waals surface area contributed by atoms with Gasteiger partial charge in [-0.1, -0.05) is 22.0 Å². The van der Waals surface area contributed by atoms with E-state index in [2.05, 4.69) is 59.9 Å². The van der Waals surface area contributed by atoms with Gasteiger partial charge in [0.2, 0.25) is 0 Å². The molecule has 0 spiro atoms. The fourth-order valence-corrected chi connectivity index (χ4v) is 3.94. The number of allylic oxidation sites excluding steroid dienone is 1. The number of hydrogen-bond acceptors (Lipinski definition) is 1. The van der Waals surface area contributed by atoms with Crippen molar-refractivity contribution >= 4 is 47.8 Å². The second-order valence-electron chi connectivity index (χ2n) is 3.36. The quantitative estimate of drug-likeness (QED) is 0.634. The fourth-order valence-electron chi connectivity index (χ4n) is 1.50. The molecular weight excluding hydrogens is 388 g/mol. The van der Waals surface area contributed by atoms with Crippen LogP contribution in [0.5, 0.6) is 5.75 Å². The van der Waals surface area contributed by atoms with Crippen molar-refractivity contribution in [3.8, 4) is 5.75 Å². The highest BCUT2D eigenvalue weighted by molar-refractivity contribution is 9.11. The number of rotatable bonds is 2. The fraction of sp³-hybridized carbons (Fsp3) is 0.273. The van der Waals surface area contributed by atoms with Gasteiger partial charge in [-0.15, -0.1) is 0 Å². The minimum atomic E-state index is 0.207. The molecular formula is C11H9Br3O. The lowest BCUT2D eigenvalue weighted by Crippen LogP contribution is -2.10. The van der Waals surface area contributed by atoms with Gasteiger partial charge in [0.15, 0.2) is 0 Å². The SMILES string of the molecule is Brc1cc(Br)c(OC2C=CCC2)c(Br)c1. The zero-order chi connectivity index (χ0) is 10.8. The Morgan fingerprint density at radius 3 is 2.33 bits per heavy atom. The summed E-state index contributed by atoms with van der Waals surface area (Å²) in [5.41, 5.74) is 0. The van der Waals surface area contributed by atoms with Gasteiger partial charge >= 0.3 is 0 Å². The summed E-state index contributed by atoms with van der Waals surface area (Å²) in [5, 5.41) is 0. The van der Waals surface area contributed by atoms with Crippen LogP contribution in [-0.2, 0) is 0 Å². The second kappa shape index (κ2) is 5.02. The monoisotopic (exact) mass is 394 g/mol. The summed E-state index contributed by atoms with van der Waals surface area (Å²) in [4.78, 5) is 0. The summed E-state index contributed by atoms with van der Waals surface area (Å²) in [7, 11) is 0. The summed E-state index contributed by atoms with van der Waals surface area (Å²) in [5.74, 6) is 0.870. The molecule has 2 rings (SSSR count). The first-order valence-electron chi connectivity index (χ1n) is 4.64. The van der Waals surface area contributed by atoms with E-state index >= 15 is 0 Å². The van der Waals surface area contributed by atoms with Crippen molar-refractivity contribution in [2.75, 3.05) is 0 Å². The van der Waals surface area contributed by atoms with Crippen LogP contribution in [0.1, 0.15) is 12.8 Å². The molecule has 0 aliphatic heterocycles. The van der Waals surface area contributed by atoms with E-state index in [1.807, 2.05) is 12.1 Å². The van der Waals surface area contributed by atoms with Crippen molar-refractivity contribution in [3.05, 3.63) is 37.7 Å². The van der Waals surface area contributed by atoms with Gasteiger partial charge in [-0.05, 0) is 62.9 Å².